The Morgan fingerprint density at radius 1 is 1.77 bits per heavy atom. The minimum atomic E-state index is -0.995. The second-order valence-electron chi connectivity index (χ2n) is 3.26. The fourth-order valence-electron chi connectivity index (χ4n) is 1.61. The zero-order valence-corrected chi connectivity index (χ0v) is 7.45. The van der Waals surface area contributed by atoms with Crippen LogP contribution < -0.4 is 0 Å². The van der Waals surface area contributed by atoms with Gasteiger partial charge in [0.05, 0.1) is 0 Å². The summed E-state index contributed by atoms with van der Waals surface area (Å²) in [6.07, 6.45) is 1.54. The first-order valence-corrected chi connectivity index (χ1v) is 4.37. The third kappa shape index (κ3) is 2.52. The van der Waals surface area contributed by atoms with Crippen LogP contribution in [0.3, 0.4) is 0 Å². The minimum Gasteiger partial charge on any atom is -0.480 e. The van der Waals surface area contributed by atoms with Crippen molar-refractivity contribution in [2.24, 2.45) is 0 Å². The van der Waals surface area contributed by atoms with Crippen molar-refractivity contribution in [2.45, 2.75) is 25.1 Å². The van der Waals surface area contributed by atoms with Gasteiger partial charge in [0, 0.05) is 19.5 Å². The molecular formula is C9H14FNO2. The molecule has 0 aromatic heterocycles. The lowest BCUT2D eigenvalue weighted by Crippen LogP contribution is -2.36. The highest BCUT2D eigenvalue weighted by Gasteiger charge is 2.36. The van der Waals surface area contributed by atoms with Crippen LogP contribution in [0.4, 0.5) is 4.39 Å². The van der Waals surface area contributed by atoms with E-state index in [1.165, 1.54) is 0 Å². The van der Waals surface area contributed by atoms with Gasteiger partial charge in [0.2, 0.25) is 0 Å². The summed E-state index contributed by atoms with van der Waals surface area (Å²) in [7, 11) is 0. The van der Waals surface area contributed by atoms with Crippen molar-refractivity contribution in [3.8, 4) is 0 Å². The Bertz CT molecular complexity index is 208. The van der Waals surface area contributed by atoms with Gasteiger partial charge in [-0.2, -0.15) is 0 Å². The minimum absolute atomic E-state index is 0.118. The van der Waals surface area contributed by atoms with E-state index in [1.807, 2.05) is 0 Å². The molecule has 74 valence electrons. The lowest BCUT2D eigenvalue weighted by Gasteiger charge is -2.19. The molecule has 1 N–H and O–H groups in total. The van der Waals surface area contributed by atoms with Crippen molar-refractivity contribution >= 4 is 5.97 Å². The zero-order chi connectivity index (χ0) is 9.84. The maximum atomic E-state index is 12.9. The van der Waals surface area contributed by atoms with Crippen molar-refractivity contribution in [1.29, 1.82) is 0 Å². The van der Waals surface area contributed by atoms with Crippen molar-refractivity contribution in [2.75, 3.05) is 13.1 Å². The number of likely N-dealkylation sites (tertiary alicyclic amines) is 1. The topological polar surface area (TPSA) is 40.5 Å². The number of halogens is 1. The Morgan fingerprint density at radius 2 is 2.46 bits per heavy atom. The Kier molecular flexibility index (Phi) is 3.42. The van der Waals surface area contributed by atoms with E-state index in [9.17, 15) is 9.18 Å². The molecule has 3 nitrogen and oxygen atoms in total. The van der Waals surface area contributed by atoms with Crippen LogP contribution in [0.1, 0.15) is 12.8 Å². The Morgan fingerprint density at radius 3 is 3.00 bits per heavy atom. The molecule has 1 saturated heterocycles. The first-order chi connectivity index (χ1) is 6.15. The molecule has 2 atom stereocenters. The Labute approximate surface area is 76.8 Å². The summed E-state index contributed by atoms with van der Waals surface area (Å²) in [6, 6.07) is -0.644. The summed E-state index contributed by atoms with van der Waals surface area (Å²) in [5.74, 6) is -0.927. The number of rotatable bonds is 4. The summed E-state index contributed by atoms with van der Waals surface area (Å²) in [5, 5.41) is 8.77. The molecule has 1 fully saturated rings. The van der Waals surface area contributed by atoms with E-state index in [4.69, 9.17) is 5.11 Å². The van der Waals surface area contributed by atoms with Gasteiger partial charge in [0.15, 0.2) is 0 Å². The summed E-state index contributed by atoms with van der Waals surface area (Å²) in [4.78, 5) is 12.3. The van der Waals surface area contributed by atoms with Crippen LogP contribution in [0.15, 0.2) is 12.7 Å². The first-order valence-electron chi connectivity index (χ1n) is 4.37. The summed E-state index contributed by atoms with van der Waals surface area (Å²) in [6.45, 7) is 4.37. The third-order valence-electron chi connectivity index (χ3n) is 2.26. The molecule has 0 aromatic rings. The van der Waals surface area contributed by atoms with Gasteiger partial charge in [-0.3, -0.25) is 9.69 Å². The van der Waals surface area contributed by atoms with Gasteiger partial charge in [0.25, 0.3) is 0 Å². The van der Waals surface area contributed by atoms with E-state index in [0.717, 1.165) is 0 Å². The highest BCUT2D eigenvalue weighted by atomic mass is 19.1. The quantitative estimate of drug-likeness (QED) is 0.669. The average molecular weight is 187 g/mol. The van der Waals surface area contributed by atoms with Gasteiger partial charge in [-0.15, -0.1) is 6.58 Å². The zero-order valence-electron chi connectivity index (χ0n) is 7.45. The van der Waals surface area contributed by atoms with E-state index in [-0.39, 0.29) is 13.0 Å². The second kappa shape index (κ2) is 4.37. The van der Waals surface area contributed by atoms with Gasteiger partial charge in [0.1, 0.15) is 12.2 Å². The van der Waals surface area contributed by atoms with Crippen molar-refractivity contribution in [1.82, 2.24) is 4.90 Å². The number of carboxylic acid groups (broad SMARTS) is 1. The van der Waals surface area contributed by atoms with Gasteiger partial charge in [-0.05, 0) is 6.42 Å². The van der Waals surface area contributed by atoms with Crippen molar-refractivity contribution in [3.05, 3.63) is 12.7 Å². The monoisotopic (exact) mass is 187 g/mol. The predicted octanol–water partition coefficient (Wildman–Crippen LogP) is 1.06. The molecule has 0 amide bonds. The molecule has 0 spiro atoms. The van der Waals surface area contributed by atoms with Crippen LogP contribution in [0.2, 0.25) is 0 Å². The molecule has 0 radical (unpaired) electrons. The average Bonchev–Trinajstić information content (AvgIpc) is 2.43. The van der Waals surface area contributed by atoms with Crippen LogP contribution in [-0.4, -0.2) is 41.3 Å². The second-order valence-corrected chi connectivity index (χ2v) is 3.26. The number of hydrogen-bond donors (Lipinski definition) is 1. The molecule has 0 saturated carbocycles. The molecule has 1 heterocycles. The first kappa shape index (κ1) is 10.2. The molecule has 13 heavy (non-hydrogen) atoms. The molecule has 1 unspecified atom stereocenters. The van der Waals surface area contributed by atoms with Crippen LogP contribution in [0, 0.1) is 0 Å². The Balaban J connectivity index is 2.50. The molecule has 0 aromatic carbocycles. The molecular weight excluding hydrogens is 173 g/mol. The molecule has 1 aliphatic heterocycles. The van der Waals surface area contributed by atoms with Gasteiger partial charge in [-0.25, -0.2) is 4.39 Å². The van der Waals surface area contributed by atoms with Crippen molar-refractivity contribution < 1.29 is 14.3 Å². The van der Waals surface area contributed by atoms with E-state index >= 15 is 0 Å². The fraction of sp³-hybridized carbons (Fsp3) is 0.667. The summed E-state index contributed by atoms with van der Waals surface area (Å²) < 4.78 is 12.9. The van der Waals surface area contributed by atoms with Gasteiger partial charge < -0.3 is 5.11 Å². The molecule has 4 heteroatoms. The maximum absolute atomic E-state index is 12.9. The number of carboxylic acids is 1. The smallest absolute Gasteiger partial charge is 0.321 e. The van der Waals surface area contributed by atoms with E-state index in [1.54, 1.807) is 11.0 Å². The number of aliphatic carboxylic acids is 1. The standard InChI is InChI=1S/C9H14FNO2/c1-2-3-4-11-6-7(10)5-8(11)9(12)13/h2,7-8H,1,3-6H2,(H,12,13)/t7?,8-/m0/s1. The normalized spacial score (nSPS) is 29.0. The number of alkyl halides is 1. The lowest BCUT2D eigenvalue weighted by molar-refractivity contribution is -0.142. The van der Waals surface area contributed by atoms with Crippen LogP contribution >= 0.6 is 0 Å². The van der Waals surface area contributed by atoms with Crippen LogP contribution in [-0.2, 0) is 4.79 Å². The fourth-order valence-corrected chi connectivity index (χ4v) is 1.61. The lowest BCUT2D eigenvalue weighted by atomic mass is 10.2. The van der Waals surface area contributed by atoms with Gasteiger partial charge >= 0.3 is 5.97 Å². The number of nitrogens with zero attached hydrogens (tertiary/aromatic N) is 1. The molecule has 0 bridgehead atoms. The van der Waals surface area contributed by atoms with Crippen molar-refractivity contribution in [3.63, 3.8) is 0 Å². The number of hydrogen-bond acceptors (Lipinski definition) is 2. The largest absolute Gasteiger partial charge is 0.480 e. The highest BCUT2D eigenvalue weighted by molar-refractivity contribution is 5.74. The Hall–Kier alpha value is -0.900. The molecule has 1 rings (SSSR count). The highest BCUT2D eigenvalue weighted by Crippen LogP contribution is 2.20. The summed E-state index contributed by atoms with van der Waals surface area (Å²) >= 11 is 0. The molecule has 0 aliphatic carbocycles. The van der Waals surface area contributed by atoms with E-state index in [0.29, 0.717) is 13.0 Å². The van der Waals surface area contributed by atoms with E-state index in [2.05, 4.69) is 6.58 Å². The SMILES string of the molecule is C=CCCN1CC(F)C[C@H]1C(=O)O. The van der Waals surface area contributed by atoms with Crippen LogP contribution in [0.25, 0.3) is 0 Å². The number of carbonyl (C=O) groups is 1. The molecule has 1 aliphatic rings. The van der Waals surface area contributed by atoms with Gasteiger partial charge in [-0.1, -0.05) is 6.08 Å². The maximum Gasteiger partial charge on any atom is 0.321 e. The summed E-state index contributed by atoms with van der Waals surface area (Å²) in [5.41, 5.74) is 0. The third-order valence-corrected chi connectivity index (χ3v) is 2.26. The van der Waals surface area contributed by atoms with Crippen LogP contribution in [0.5, 0.6) is 0 Å². The van der Waals surface area contributed by atoms with E-state index < -0.39 is 18.2 Å². The predicted molar refractivity (Wildman–Crippen MR) is 47.3 cm³/mol.